The number of aromatic nitrogens is 5. The van der Waals surface area contributed by atoms with Gasteiger partial charge < -0.3 is 20.3 Å². The average molecular weight is 537 g/mol. The molecule has 2 saturated heterocycles. The van der Waals surface area contributed by atoms with E-state index < -0.39 is 0 Å². The molecule has 2 N–H and O–H groups in total. The first-order valence-electron chi connectivity index (χ1n) is 13.7. The standard InChI is InChI=1S/C30H32N8O2/c1-20-4-2-6-25(34-20)29-33-14-12-27(37-29)35-26-11-13-32-28(36-26)16-21-7-9-23(10-8-21)38-15-3-5-22(19-38)30(39)40-24-17-31-18-24/h2,4,6-14,22,24,31H,3,5,15-19H2,1H3,(H,32,33,35,36,37). The van der Waals surface area contributed by atoms with Crippen molar-refractivity contribution in [2.24, 2.45) is 5.92 Å². The molecule has 1 aromatic carbocycles. The van der Waals surface area contributed by atoms with Gasteiger partial charge in [-0.15, -0.1) is 0 Å². The minimum Gasteiger partial charge on any atom is -0.459 e. The summed E-state index contributed by atoms with van der Waals surface area (Å²) >= 11 is 0. The fourth-order valence-electron chi connectivity index (χ4n) is 4.92. The number of nitrogens with zero attached hydrogens (tertiary/aromatic N) is 6. The maximum Gasteiger partial charge on any atom is 0.311 e. The van der Waals surface area contributed by atoms with Gasteiger partial charge in [0.1, 0.15) is 29.3 Å². The van der Waals surface area contributed by atoms with Gasteiger partial charge in [0.05, 0.1) is 5.92 Å². The molecule has 10 nitrogen and oxygen atoms in total. The van der Waals surface area contributed by atoms with E-state index in [-0.39, 0.29) is 18.0 Å². The summed E-state index contributed by atoms with van der Waals surface area (Å²) in [5.74, 6) is 2.41. The van der Waals surface area contributed by atoms with Gasteiger partial charge in [-0.05, 0) is 61.7 Å². The van der Waals surface area contributed by atoms with Gasteiger partial charge in [-0.2, -0.15) is 0 Å². The Morgan fingerprint density at radius 3 is 2.58 bits per heavy atom. The Labute approximate surface area is 233 Å². The third-order valence-corrected chi connectivity index (χ3v) is 7.18. The van der Waals surface area contributed by atoms with Gasteiger partial charge in [-0.3, -0.25) is 4.79 Å². The van der Waals surface area contributed by atoms with Gasteiger partial charge in [0.15, 0.2) is 5.82 Å². The number of hydrogen-bond donors (Lipinski definition) is 2. The van der Waals surface area contributed by atoms with Crippen molar-refractivity contribution >= 4 is 23.3 Å². The summed E-state index contributed by atoms with van der Waals surface area (Å²) in [5.41, 5.74) is 3.86. The maximum atomic E-state index is 12.6. The number of piperidine rings is 1. The van der Waals surface area contributed by atoms with Crippen LogP contribution in [0.4, 0.5) is 17.3 Å². The monoisotopic (exact) mass is 536 g/mol. The van der Waals surface area contributed by atoms with E-state index in [9.17, 15) is 4.79 Å². The van der Waals surface area contributed by atoms with E-state index in [0.717, 1.165) is 55.1 Å². The van der Waals surface area contributed by atoms with Crippen LogP contribution in [0.5, 0.6) is 0 Å². The number of rotatable bonds is 8. The predicted molar refractivity (Wildman–Crippen MR) is 152 cm³/mol. The Balaban J connectivity index is 1.08. The number of ether oxygens (including phenoxy) is 1. The van der Waals surface area contributed by atoms with E-state index in [0.29, 0.717) is 36.3 Å². The van der Waals surface area contributed by atoms with Crippen LogP contribution in [0, 0.1) is 12.8 Å². The van der Waals surface area contributed by atoms with Crippen LogP contribution in [0.25, 0.3) is 11.5 Å². The van der Waals surface area contributed by atoms with Crippen LogP contribution in [0.3, 0.4) is 0 Å². The van der Waals surface area contributed by atoms with Crippen LogP contribution < -0.4 is 15.5 Å². The van der Waals surface area contributed by atoms with E-state index in [1.807, 2.05) is 31.2 Å². The summed E-state index contributed by atoms with van der Waals surface area (Å²) in [6.45, 7) is 5.10. The molecule has 5 heterocycles. The Morgan fingerprint density at radius 2 is 1.80 bits per heavy atom. The third-order valence-electron chi connectivity index (χ3n) is 7.18. The first kappa shape index (κ1) is 25.8. The average Bonchev–Trinajstić information content (AvgIpc) is 2.96. The van der Waals surface area contributed by atoms with Crippen LogP contribution in [0.2, 0.25) is 0 Å². The molecule has 3 aromatic heterocycles. The molecule has 10 heteroatoms. The number of pyridine rings is 1. The molecular formula is C30H32N8O2. The molecule has 40 heavy (non-hydrogen) atoms. The highest BCUT2D eigenvalue weighted by Gasteiger charge is 2.30. The zero-order chi connectivity index (χ0) is 27.3. The lowest BCUT2D eigenvalue weighted by Gasteiger charge is -2.35. The van der Waals surface area contributed by atoms with E-state index >= 15 is 0 Å². The molecule has 2 aliphatic heterocycles. The SMILES string of the molecule is Cc1cccc(-c2nccc(Nc3ccnc(Cc4ccc(N5CCCC(C(=O)OC6CNC6)C5)cc4)n3)n2)n1. The van der Waals surface area contributed by atoms with Crippen molar-refractivity contribution in [1.29, 1.82) is 0 Å². The van der Waals surface area contributed by atoms with E-state index in [1.54, 1.807) is 18.5 Å². The van der Waals surface area contributed by atoms with Gasteiger partial charge in [-0.1, -0.05) is 18.2 Å². The second kappa shape index (κ2) is 11.7. The molecule has 2 aliphatic rings. The van der Waals surface area contributed by atoms with Gasteiger partial charge in [0, 0.05) is 56.4 Å². The normalized spacial score (nSPS) is 17.2. The molecule has 0 amide bonds. The smallest absolute Gasteiger partial charge is 0.311 e. The lowest BCUT2D eigenvalue weighted by molar-refractivity contribution is -0.156. The zero-order valence-corrected chi connectivity index (χ0v) is 22.5. The topological polar surface area (TPSA) is 118 Å². The molecule has 2 fully saturated rings. The van der Waals surface area contributed by atoms with Gasteiger partial charge in [0.2, 0.25) is 0 Å². The Bertz CT molecular complexity index is 1470. The van der Waals surface area contributed by atoms with Crippen LogP contribution in [0.1, 0.15) is 29.9 Å². The van der Waals surface area contributed by atoms with E-state index in [2.05, 4.69) is 59.7 Å². The fourth-order valence-corrected chi connectivity index (χ4v) is 4.92. The number of nitrogens with one attached hydrogen (secondary N) is 2. The zero-order valence-electron chi connectivity index (χ0n) is 22.5. The van der Waals surface area contributed by atoms with Crippen molar-refractivity contribution < 1.29 is 9.53 Å². The summed E-state index contributed by atoms with van der Waals surface area (Å²) in [4.78, 5) is 37.5. The van der Waals surface area contributed by atoms with Crippen molar-refractivity contribution in [2.45, 2.75) is 32.3 Å². The molecule has 0 spiro atoms. The Hall–Kier alpha value is -4.44. The number of aryl methyl sites for hydroxylation is 1. The van der Waals surface area contributed by atoms with Crippen molar-refractivity contribution in [3.05, 3.63) is 84.1 Å². The van der Waals surface area contributed by atoms with Crippen LogP contribution in [-0.2, 0) is 16.0 Å². The van der Waals surface area contributed by atoms with Gasteiger partial charge in [0.25, 0.3) is 0 Å². The second-order valence-corrected chi connectivity index (χ2v) is 10.3. The predicted octanol–water partition coefficient (Wildman–Crippen LogP) is 3.70. The Morgan fingerprint density at radius 1 is 1.00 bits per heavy atom. The molecular weight excluding hydrogens is 504 g/mol. The molecule has 1 atom stereocenters. The van der Waals surface area contributed by atoms with E-state index in [1.165, 1.54) is 0 Å². The van der Waals surface area contributed by atoms with Crippen molar-refractivity contribution in [1.82, 2.24) is 30.2 Å². The first-order valence-corrected chi connectivity index (χ1v) is 13.7. The Kier molecular flexibility index (Phi) is 7.58. The summed E-state index contributed by atoms with van der Waals surface area (Å²) in [6.07, 6.45) is 5.95. The van der Waals surface area contributed by atoms with Crippen molar-refractivity contribution in [2.75, 3.05) is 36.4 Å². The summed E-state index contributed by atoms with van der Waals surface area (Å²) in [6, 6.07) is 17.8. The number of esters is 1. The minimum atomic E-state index is -0.0725. The highest BCUT2D eigenvalue weighted by Crippen LogP contribution is 2.25. The largest absolute Gasteiger partial charge is 0.459 e. The summed E-state index contributed by atoms with van der Waals surface area (Å²) < 4.78 is 5.62. The molecule has 4 aromatic rings. The van der Waals surface area contributed by atoms with Gasteiger partial charge in [-0.25, -0.2) is 24.9 Å². The maximum absolute atomic E-state index is 12.6. The lowest BCUT2D eigenvalue weighted by atomic mass is 9.97. The number of anilines is 3. The molecule has 0 saturated carbocycles. The first-order chi connectivity index (χ1) is 19.6. The molecule has 204 valence electrons. The number of hydrogen-bond acceptors (Lipinski definition) is 10. The molecule has 6 rings (SSSR count). The summed E-state index contributed by atoms with van der Waals surface area (Å²) in [5, 5.41) is 6.40. The van der Waals surface area contributed by atoms with E-state index in [4.69, 9.17) is 9.72 Å². The summed E-state index contributed by atoms with van der Waals surface area (Å²) in [7, 11) is 0. The van der Waals surface area contributed by atoms with Crippen LogP contribution in [-0.4, -0.2) is 63.2 Å². The molecule has 0 aliphatic carbocycles. The van der Waals surface area contributed by atoms with Gasteiger partial charge >= 0.3 is 5.97 Å². The third kappa shape index (κ3) is 6.23. The number of carbonyl (C=O) groups is 1. The quantitative estimate of drug-likeness (QED) is 0.323. The number of carbonyl (C=O) groups excluding carboxylic acids is 1. The van der Waals surface area contributed by atoms with Crippen molar-refractivity contribution in [3.63, 3.8) is 0 Å². The van der Waals surface area contributed by atoms with Crippen LogP contribution >= 0.6 is 0 Å². The second-order valence-electron chi connectivity index (χ2n) is 10.3. The van der Waals surface area contributed by atoms with Crippen LogP contribution in [0.15, 0.2) is 67.0 Å². The molecule has 0 radical (unpaired) electrons. The highest BCUT2D eigenvalue weighted by atomic mass is 16.5. The molecule has 0 bridgehead atoms. The number of benzene rings is 1. The molecule has 1 unspecified atom stereocenters. The highest BCUT2D eigenvalue weighted by molar-refractivity contribution is 5.74. The minimum absolute atomic E-state index is 0.0347. The lowest BCUT2D eigenvalue weighted by Crippen LogP contribution is -2.51. The van der Waals surface area contributed by atoms with Crippen molar-refractivity contribution in [3.8, 4) is 11.5 Å². The fraction of sp³-hybridized carbons (Fsp3) is 0.333.